The van der Waals surface area contributed by atoms with E-state index in [0.717, 1.165) is 18.7 Å². The summed E-state index contributed by atoms with van der Waals surface area (Å²) in [6.45, 7) is 11.2. The van der Waals surface area contributed by atoms with E-state index < -0.39 is 0 Å². The van der Waals surface area contributed by atoms with Gasteiger partial charge in [-0.1, -0.05) is 30.9 Å². The Balaban J connectivity index is 1.90. The highest BCUT2D eigenvalue weighted by Crippen LogP contribution is 2.16. The standard InChI is InChI=1S/C22H26BrN3O/c1-4-26(5-2)21-10-8-19(9-11-21)6-7-20-12-15-25(16-13-20)17-14-24-22(27)18(3)23/h6-13,15-16H,3-5,14,17H2,1-2H3/p+1. The van der Waals surface area contributed by atoms with Crippen LogP contribution in [0.5, 0.6) is 0 Å². The number of nitrogens with one attached hydrogen (secondary N) is 1. The Morgan fingerprint density at radius 1 is 1.07 bits per heavy atom. The minimum Gasteiger partial charge on any atom is -0.372 e. The summed E-state index contributed by atoms with van der Waals surface area (Å²) in [4.78, 5) is 13.8. The van der Waals surface area contributed by atoms with Gasteiger partial charge in [-0.25, -0.2) is 4.57 Å². The summed E-state index contributed by atoms with van der Waals surface area (Å²) in [7, 11) is 0. The van der Waals surface area contributed by atoms with Gasteiger partial charge in [0.1, 0.15) is 0 Å². The van der Waals surface area contributed by atoms with Crippen molar-refractivity contribution in [1.29, 1.82) is 0 Å². The maximum absolute atomic E-state index is 11.4. The highest BCUT2D eigenvalue weighted by atomic mass is 79.9. The first-order valence-corrected chi connectivity index (χ1v) is 9.97. The van der Waals surface area contributed by atoms with Crippen molar-refractivity contribution in [3.8, 4) is 0 Å². The number of carbonyl (C=O) groups excluding carboxylic acids is 1. The largest absolute Gasteiger partial charge is 0.372 e. The number of amides is 1. The SMILES string of the molecule is C=C(Br)C(=O)NCC[n+]1ccc(C=Cc2ccc(N(CC)CC)cc2)cc1. The van der Waals surface area contributed by atoms with Gasteiger partial charge in [0.15, 0.2) is 18.9 Å². The molecule has 1 aromatic heterocycles. The molecule has 0 spiro atoms. The zero-order valence-corrected chi connectivity index (χ0v) is 17.6. The number of halogens is 1. The molecule has 1 heterocycles. The van der Waals surface area contributed by atoms with E-state index >= 15 is 0 Å². The number of anilines is 1. The molecule has 0 aliphatic rings. The first-order chi connectivity index (χ1) is 13.0. The average molecular weight is 429 g/mol. The van der Waals surface area contributed by atoms with Crippen LogP contribution < -0.4 is 14.8 Å². The monoisotopic (exact) mass is 428 g/mol. The summed E-state index contributed by atoms with van der Waals surface area (Å²) >= 11 is 3.07. The quantitative estimate of drug-likeness (QED) is 0.483. The van der Waals surface area contributed by atoms with Crippen LogP contribution in [0.4, 0.5) is 5.69 Å². The fourth-order valence-corrected chi connectivity index (χ4v) is 2.84. The predicted octanol–water partition coefficient (Wildman–Crippen LogP) is 4.02. The van der Waals surface area contributed by atoms with Crippen molar-refractivity contribution in [1.82, 2.24) is 5.32 Å². The molecule has 1 aromatic carbocycles. The molecule has 0 saturated carbocycles. The van der Waals surface area contributed by atoms with Gasteiger partial charge in [-0.15, -0.1) is 0 Å². The van der Waals surface area contributed by atoms with Gasteiger partial charge >= 0.3 is 0 Å². The number of carbonyl (C=O) groups is 1. The smallest absolute Gasteiger partial charge is 0.257 e. The maximum Gasteiger partial charge on any atom is 0.257 e. The molecular weight excluding hydrogens is 402 g/mol. The van der Waals surface area contributed by atoms with Crippen LogP contribution in [0.3, 0.4) is 0 Å². The minimum atomic E-state index is -0.179. The first kappa shape index (κ1) is 20.9. The van der Waals surface area contributed by atoms with Crippen LogP contribution in [-0.2, 0) is 11.3 Å². The molecule has 0 saturated heterocycles. The van der Waals surface area contributed by atoms with Crippen molar-refractivity contribution in [3.05, 3.63) is 71.0 Å². The van der Waals surface area contributed by atoms with E-state index in [4.69, 9.17) is 0 Å². The number of hydrogen-bond donors (Lipinski definition) is 1. The molecule has 2 aromatic rings. The van der Waals surface area contributed by atoms with Gasteiger partial charge in [0, 0.05) is 30.9 Å². The Morgan fingerprint density at radius 2 is 1.63 bits per heavy atom. The van der Waals surface area contributed by atoms with Crippen LogP contribution in [0.25, 0.3) is 12.2 Å². The summed E-state index contributed by atoms with van der Waals surface area (Å²) in [5.41, 5.74) is 3.57. The zero-order valence-electron chi connectivity index (χ0n) is 16.0. The van der Waals surface area contributed by atoms with Crippen LogP contribution in [0.2, 0.25) is 0 Å². The third-order valence-electron chi connectivity index (χ3n) is 4.31. The number of nitrogens with zero attached hydrogens (tertiary/aromatic N) is 2. The second kappa shape index (κ2) is 10.7. The summed E-state index contributed by atoms with van der Waals surface area (Å²) in [6.07, 6.45) is 8.25. The number of hydrogen-bond acceptors (Lipinski definition) is 2. The Kier molecular flexibility index (Phi) is 8.27. The van der Waals surface area contributed by atoms with Crippen molar-refractivity contribution in [2.45, 2.75) is 20.4 Å². The molecule has 1 N–H and O–H groups in total. The predicted molar refractivity (Wildman–Crippen MR) is 117 cm³/mol. The molecule has 142 valence electrons. The second-order valence-electron chi connectivity index (χ2n) is 6.13. The fraction of sp³-hybridized carbons (Fsp3) is 0.273. The molecule has 0 aliphatic heterocycles. The van der Waals surface area contributed by atoms with E-state index in [1.165, 1.54) is 11.3 Å². The van der Waals surface area contributed by atoms with Gasteiger partial charge in [-0.2, -0.15) is 0 Å². The van der Waals surface area contributed by atoms with Gasteiger partial charge in [-0.05, 0) is 53.0 Å². The molecular formula is C22H27BrN3O+. The fourth-order valence-electron chi connectivity index (χ4n) is 2.70. The summed E-state index contributed by atoms with van der Waals surface area (Å²) < 4.78 is 2.38. The maximum atomic E-state index is 11.4. The molecule has 0 unspecified atom stereocenters. The molecule has 0 bridgehead atoms. The third kappa shape index (κ3) is 6.68. The number of aromatic nitrogens is 1. The van der Waals surface area contributed by atoms with Gasteiger partial charge in [0.2, 0.25) is 0 Å². The molecule has 0 atom stereocenters. The number of benzene rings is 1. The summed E-state index contributed by atoms with van der Waals surface area (Å²) in [6, 6.07) is 12.8. The van der Waals surface area contributed by atoms with Crippen LogP contribution in [0.1, 0.15) is 25.0 Å². The van der Waals surface area contributed by atoms with Crippen molar-refractivity contribution in [3.63, 3.8) is 0 Å². The van der Waals surface area contributed by atoms with E-state index in [-0.39, 0.29) is 5.91 Å². The van der Waals surface area contributed by atoms with Gasteiger partial charge in [-0.3, -0.25) is 4.79 Å². The molecule has 4 nitrogen and oxygen atoms in total. The Labute approximate surface area is 170 Å². The van der Waals surface area contributed by atoms with E-state index in [1.807, 2.05) is 17.0 Å². The zero-order chi connectivity index (χ0) is 19.6. The van der Waals surface area contributed by atoms with Crippen LogP contribution in [0.15, 0.2) is 59.9 Å². The van der Waals surface area contributed by atoms with E-state index in [9.17, 15) is 4.79 Å². The van der Waals surface area contributed by atoms with Crippen molar-refractivity contribution >= 4 is 39.7 Å². The normalized spacial score (nSPS) is 10.8. The highest BCUT2D eigenvalue weighted by Gasteiger charge is 2.05. The third-order valence-corrected chi connectivity index (χ3v) is 4.67. The topological polar surface area (TPSA) is 36.2 Å². The van der Waals surface area contributed by atoms with Crippen molar-refractivity contribution in [2.24, 2.45) is 0 Å². The van der Waals surface area contributed by atoms with E-state index in [1.54, 1.807) is 0 Å². The molecule has 5 heteroatoms. The molecule has 2 rings (SSSR count). The van der Waals surface area contributed by atoms with Crippen molar-refractivity contribution < 1.29 is 9.36 Å². The first-order valence-electron chi connectivity index (χ1n) is 9.18. The number of rotatable bonds is 9. The van der Waals surface area contributed by atoms with E-state index in [0.29, 0.717) is 17.6 Å². The van der Waals surface area contributed by atoms with E-state index in [2.05, 4.69) is 95.1 Å². The molecule has 1 amide bonds. The van der Waals surface area contributed by atoms with Gasteiger partial charge < -0.3 is 10.2 Å². The molecule has 27 heavy (non-hydrogen) atoms. The highest BCUT2D eigenvalue weighted by molar-refractivity contribution is 9.12. The average Bonchev–Trinajstić information content (AvgIpc) is 2.69. The lowest BCUT2D eigenvalue weighted by Gasteiger charge is -2.20. The summed E-state index contributed by atoms with van der Waals surface area (Å²) in [5, 5.41) is 2.79. The lowest BCUT2D eigenvalue weighted by atomic mass is 10.1. The van der Waals surface area contributed by atoms with Crippen LogP contribution in [0, 0.1) is 0 Å². The molecule has 0 fully saturated rings. The molecule has 0 aliphatic carbocycles. The van der Waals surface area contributed by atoms with Gasteiger partial charge in [0.25, 0.3) is 5.91 Å². The summed E-state index contributed by atoms with van der Waals surface area (Å²) in [5.74, 6) is -0.179. The van der Waals surface area contributed by atoms with Crippen LogP contribution in [-0.4, -0.2) is 25.5 Å². The Hall–Kier alpha value is -2.40. The van der Waals surface area contributed by atoms with Crippen molar-refractivity contribution in [2.75, 3.05) is 24.5 Å². The Bertz CT molecular complexity index is 778. The minimum absolute atomic E-state index is 0.179. The molecule has 0 radical (unpaired) electrons. The lowest BCUT2D eigenvalue weighted by Crippen LogP contribution is -2.39. The lowest BCUT2D eigenvalue weighted by molar-refractivity contribution is -0.694. The second-order valence-corrected chi connectivity index (χ2v) is 7.08. The van der Waals surface area contributed by atoms with Gasteiger partial charge in [0.05, 0.1) is 11.0 Å². The Morgan fingerprint density at radius 3 is 2.15 bits per heavy atom. The number of pyridine rings is 1. The van der Waals surface area contributed by atoms with Crippen LogP contribution >= 0.6 is 15.9 Å².